The predicted molar refractivity (Wildman–Crippen MR) is 99.0 cm³/mol. The highest BCUT2D eigenvalue weighted by Gasteiger charge is 2.08. The number of rotatable bonds is 6. The Bertz CT molecular complexity index is 889. The lowest BCUT2D eigenvalue weighted by Gasteiger charge is -2.10. The maximum absolute atomic E-state index is 12.2. The average Bonchev–Trinajstić information content (AvgIpc) is 2.66. The van der Waals surface area contributed by atoms with Crippen LogP contribution in [0.15, 0.2) is 60.7 Å². The molecule has 0 heterocycles. The summed E-state index contributed by atoms with van der Waals surface area (Å²) in [6, 6.07) is 19.7. The molecule has 0 bridgehead atoms. The van der Waals surface area contributed by atoms with Gasteiger partial charge >= 0.3 is 0 Å². The number of para-hydroxylation sites is 1. The lowest BCUT2D eigenvalue weighted by molar-refractivity contribution is -0.120. The van der Waals surface area contributed by atoms with Crippen LogP contribution >= 0.6 is 0 Å². The van der Waals surface area contributed by atoms with Crippen LogP contribution in [-0.4, -0.2) is 20.1 Å². The van der Waals surface area contributed by atoms with E-state index in [1.54, 1.807) is 14.2 Å². The molecule has 0 aliphatic heterocycles. The van der Waals surface area contributed by atoms with Crippen LogP contribution in [-0.2, 0) is 17.8 Å². The van der Waals surface area contributed by atoms with Crippen molar-refractivity contribution < 1.29 is 14.3 Å². The highest BCUT2D eigenvalue weighted by atomic mass is 16.5. The van der Waals surface area contributed by atoms with E-state index in [-0.39, 0.29) is 5.91 Å². The first-order valence-electron chi connectivity index (χ1n) is 8.15. The second kappa shape index (κ2) is 7.71. The van der Waals surface area contributed by atoms with Gasteiger partial charge in [-0.15, -0.1) is 0 Å². The van der Waals surface area contributed by atoms with Gasteiger partial charge in [0.15, 0.2) is 0 Å². The van der Waals surface area contributed by atoms with Crippen LogP contribution in [0, 0.1) is 0 Å². The Balaban J connectivity index is 1.64. The number of carbonyl (C=O) groups excluding carboxylic acids is 1. The van der Waals surface area contributed by atoms with Crippen LogP contribution in [0.3, 0.4) is 0 Å². The average molecular weight is 335 g/mol. The lowest BCUT2D eigenvalue weighted by atomic mass is 10.1. The van der Waals surface area contributed by atoms with E-state index in [0.29, 0.717) is 13.0 Å². The fourth-order valence-electron chi connectivity index (χ4n) is 2.80. The number of nitrogens with one attached hydrogen (secondary N) is 1. The molecule has 4 heteroatoms. The van der Waals surface area contributed by atoms with Gasteiger partial charge in [-0.2, -0.15) is 0 Å². The maximum Gasteiger partial charge on any atom is 0.224 e. The van der Waals surface area contributed by atoms with Crippen molar-refractivity contribution in [3.8, 4) is 11.5 Å². The second-order valence-corrected chi connectivity index (χ2v) is 5.81. The topological polar surface area (TPSA) is 47.6 Å². The summed E-state index contributed by atoms with van der Waals surface area (Å²) in [4.78, 5) is 12.2. The molecule has 0 spiro atoms. The molecule has 0 aromatic heterocycles. The second-order valence-electron chi connectivity index (χ2n) is 5.81. The van der Waals surface area contributed by atoms with Gasteiger partial charge in [0.2, 0.25) is 5.91 Å². The fourth-order valence-corrected chi connectivity index (χ4v) is 2.80. The minimum absolute atomic E-state index is 0.0284. The molecule has 0 saturated heterocycles. The summed E-state index contributed by atoms with van der Waals surface area (Å²) in [6.45, 7) is 0.496. The van der Waals surface area contributed by atoms with Crippen LogP contribution in [0.2, 0.25) is 0 Å². The summed E-state index contributed by atoms with van der Waals surface area (Å²) in [7, 11) is 3.27. The number of amides is 1. The van der Waals surface area contributed by atoms with Gasteiger partial charge in [-0.1, -0.05) is 36.4 Å². The van der Waals surface area contributed by atoms with Gasteiger partial charge in [0.25, 0.3) is 0 Å². The molecular formula is C21H21NO3. The van der Waals surface area contributed by atoms with Crippen molar-refractivity contribution in [1.82, 2.24) is 5.32 Å². The number of benzene rings is 3. The molecule has 0 aliphatic rings. The van der Waals surface area contributed by atoms with Crippen molar-refractivity contribution in [1.29, 1.82) is 0 Å². The molecule has 3 rings (SSSR count). The zero-order valence-corrected chi connectivity index (χ0v) is 14.4. The van der Waals surface area contributed by atoms with Crippen LogP contribution in [0.4, 0.5) is 0 Å². The first kappa shape index (κ1) is 16.8. The third-order valence-corrected chi connectivity index (χ3v) is 4.15. The molecule has 3 aromatic carbocycles. The first-order valence-corrected chi connectivity index (χ1v) is 8.15. The maximum atomic E-state index is 12.2. The normalized spacial score (nSPS) is 10.5. The zero-order chi connectivity index (χ0) is 17.6. The molecule has 4 nitrogen and oxygen atoms in total. The molecule has 25 heavy (non-hydrogen) atoms. The number of ether oxygens (including phenoxy) is 2. The van der Waals surface area contributed by atoms with Crippen molar-refractivity contribution in [3.05, 3.63) is 71.8 Å². The van der Waals surface area contributed by atoms with Gasteiger partial charge < -0.3 is 14.8 Å². The summed E-state index contributed by atoms with van der Waals surface area (Å²) in [5.74, 6) is 1.54. The number of hydrogen-bond donors (Lipinski definition) is 1. The lowest BCUT2D eigenvalue weighted by Crippen LogP contribution is -2.24. The molecule has 0 radical (unpaired) electrons. The highest BCUT2D eigenvalue weighted by molar-refractivity contribution is 5.85. The Kier molecular flexibility index (Phi) is 5.19. The number of methoxy groups -OCH3 is 2. The van der Waals surface area contributed by atoms with E-state index in [2.05, 4.69) is 11.4 Å². The summed E-state index contributed by atoms with van der Waals surface area (Å²) in [6.07, 6.45) is 0.300. The first-order chi connectivity index (χ1) is 12.2. The van der Waals surface area contributed by atoms with E-state index in [9.17, 15) is 4.79 Å². The Morgan fingerprint density at radius 1 is 0.920 bits per heavy atom. The number of hydrogen-bond acceptors (Lipinski definition) is 3. The molecule has 3 aromatic rings. The molecule has 1 N–H and O–H groups in total. The van der Waals surface area contributed by atoms with E-state index in [0.717, 1.165) is 33.4 Å². The minimum atomic E-state index is -0.0284. The molecule has 0 aliphatic carbocycles. The van der Waals surface area contributed by atoms with Crippen LogP contribution < -0.4 is 14.8 Å². The molecule has 0 saturated carbocycles. The van der Waals surface area contributed by atoms with Crippen molar-refractivity contribution in [3.63, 3.8) is 0 Å². The van der Waals surface area contributed by atoms with Gasteiger partial charge in [-0.05, 0) is 40.6 Å². The summed E-state index contributed by atoms with van der Waals surface area (Å²) >= 11 is 0. The Morgan fingerprint density at radius 3 is 2.48 bits per heavy atom. The molecule has 1 amide bonds. The quantitative estimate of drug-likeness (QED) is 0.747. The third-order valence-electron chi connectivity index (χ3n) is 4.15. The van der Waals surface area contributed by atoms with Crippen LogP contribution in [0.25, 0.3) is 10.8 Å². The molecular weight excluding hydrogens is 314 g/mol. The van der Waals surface area contributed by atoms with Gasteiger partial charge in [-0.25, -0.2) is 0 Å². The van der Waals surface area contributed by atoms with Crippen molar-refractivity contribution in [2.24, 2.45) is 0 Å². The summed E-state index contributed by atoms with van der Waals surface area (Å²) < 4.78 is 10.5. The van der Waals surface area contributed by atoms with Gasteiger partial charge in [0.1, 0.15) is 11.5 Å². The standard InChI is InChI=1S/C21H21NO3/c1-24-19-10-9-16-11-15(7-8-17(16)12-19)14-22-21(23)13-18-5-3-4-6-20(18)25-2/h3-12H,13-14H2,1-2H3,(H,22,23). The highest BCUT2D eigenvalue weighted by Crippen LogP contribution is 2.22. The molecule has 128 valence electrons. The Morgan fingerprint density at radius 2 is 1.68 bits per heavy atom. The summed E-state index contributed by atoms with van der Waals surface area (Å²) in [5.41, 5.74) is 1.94. The number of carbonyl (C=O) groups is 1. The smallest absolute Gasteiger partial charge is 0.224 e. The Hall–Kier alpha value is -3.01. The Labute approximate surface area is 147 Å². The van der Waals surface area contributed by atoms with Gasteiger partial charge in [0, 0.05) is 12.1 Å². The van der Waals surface area contributed by atoms with Crippen LogP contribution in [0.5, 0.6) is 11.5 Å². The summed E-state index contributed by atoms with van der Waals surface area (Å²) in [5, 5.41) is 5.20. The monoisotopic (exact) mass is 335 g/mol. The van der Waals surface area contributed by atoms with E-state index >= 15 is 0 Å². The molecule has 0 unspecified atom stereocenters. The van der Waals surface area contributed by atoms with E-state index in [1.165, 1.54) is 0 Å². The predicted octanol–water partition coefficient (Wildman–Crippen LogP) is 3.72. The third kappa shape index (κ3) is 4.10. The molecule has 0 atom stereocenters. The van der Waals surface area contributed by atoms with Gasteiger partial charge in [0.05, 0.1) is 20.6 Å². The van der Waals surface area contributed by atoms with E-state index < -0.39 is 0 Å². The fraction of sp³-hybridized carbons (Fsp3) is 0.190. The zero-order valence-electron chi connectivity index (χ0n) is 14.4. The van der Waals surface area contributed by atoms with Crippen molar-refractivity contribution >= 4 is 16.7 Å². The minimum Gasteiger partial charge on any atom is -0.497 e. The van der Waals surface area contributed by atoms with E-state index in [4.69, 9.17) is 9.47 Å². The van der Waals surface area contributed by atoms with Crippen molar-refractivity contribution in [2.75, 3.05) is 14.2 Å². The van der Waals surface area contributed by atoms with Crippen LogP contribution in [0.1, 0.15) is 11.1 Å². The SMILES string of the molecule is COc1ccc2cc(CNC(=O)Cc3ccccc3OC)ccc2c1. The largest absolute Gasteiger partial charge is 0.497 e. The molecule has 0 fully saturated rings. The van der Waals surface area contributed by atoms with Crippen molar-refractivity contribution in [2.45, 2.75) is 13.0 Å². The number of fused-ring (bicyclic) bond motifs is 1. The van der Waals surface area contributed by atoms with E-state index in [1.807, 2.05) is 54.6 Å². The van der Waals surface area contributed by atoms with Gasteiger partial charge in [-0.3, -0.25) is 4.79 Å².